The Morgan fingerprint density at radius 3 is 2.48 bits per heavy atom. The van der Waals surface area contributed by atoms with Crippen molar-refractivity contribution in [3.63, 3.8) is 0 Å². The fourth-order valence-corrected chi connectivity index (χ4v) is 3.57. The van der Waals surface area contributed by atoms with Crippen molar-refractivity contribution in [3.8, 4) is 5.75 Å². The summed E-state index contributed by atoms with van der Waals surface area (Å²) >= 11 is 0. The van der Waals surface area contributed by atoms with Crippen LogP contribution < -0.4 is 10.1 Å². The van der Waals surface area contributed by atoms with Crippen LogP contribution in [0.4, 0.5) is 0 Å². The van der Waals surface area contributed by atoms with Gasteiger partial charge in [0.05, 0.1) is 6.04 Å². The second kappa shape index (κ2) is 7.41. The molecule has 0 saturated carbocycles. The van der Waals surface area contributed by atoms with Crippen molar-refractivity contribution in [2.24, 2.45) is 0 Å². The third-order valence-corrected chi connectivity index (χ3v) is 6.01. The fourth-order valence-electron chi connectivity index (χ4n) is 2.81. The summed E-state index contributed by atoms with van der Waals surface area (Å²) in [5.74, 6) is 0.756. The van der Waals surface area contributed by atoms with Crippen LogP contribution in [-0.2, 0) is 4.74 Å². The van der Waals surface area contributed by atoms with Gasteiger partial charge >= 0.3 is 0 Å². The standard InChI is InChI=1S/C20H25NO3Si/c1-25(2,3)13-12-23-14-24-16-10-8-15(9-11-16)19-17-6-4-5-7-18(17)20(22)21-19/h4-11,19H,12-14H2,1-3H3,(H,21,22). The predicted octanol–water partition coefficient (Wildman–Crippen LogP) is 4.21. The number of carbonyl (C=O) groups excluding carboxylic acids is 1. The summed E-state index contributed by atoms with van der Waals surface area (Å²) in [5, 5.41) is 3.03. The molecule has 0 fully saturated rings. The summed E-state index contributed by atoms with van der Waals surface area (Å²) in [7, 11) is -1.06. The molecule has 4 nitrogen and oxygen atoms in total. The lowest BCUT2D eigenvalue weighted by molar-refractivity contribution is 0.0220. The second-order valence-corrected chi connectivity index (χ2v) is 13.2. The van der Waals surface area contributed by atoms with Crippen LogP contribution >= 0.6 is 0 Å². The molecule has 3 rings (SSSR count). The number of nitrogens with one attached hydrogen (secondary N) is 1. The highest BCUT2D eigenvalue weighted by atomic mass is 28.3. The Labute approximate surface area is 150 Å². The Morgan fingerprint density at radius 2 is 1.76 bits per heavy atom. The van der Waals surface area contributed by atoms with E-state index in [1.807, 2.05) is 48.5 Å². The molecule has 1 N–H and O–H groups in total. The van der Waals surface area contributed by atoms with Gasteiger partial charge in [0, 0.05) is 20.2 Å². The third kappa shape index (κ3) is 4.49. The molecule has 0 aliphatic carbocycles. The molecule has 5 heteroatoms. The molecule has 2 aromatic rings. The molecule has 0 aromatic heterocycles. The van der Waals surface area contributed by atoms with Crippen molar-refractivity contribution in [3.05, 3.63) is 65.2 Å². The van der Waals surface area contributed by atoms with Crippen LogP contribution in [0.25, 0.3) is 0 Å². The highest BCUT2D eigenvalue weighted by Gasteiger charge is 2.28. The Morgan fingerprint density at radius 1 is 1.04 bits per heavy atom. The Hall–Kier alpha value is -2.11. The Kier molecular flexibility index (Phi) is 5.25. The average molecular weight is 356 g/mol. The van der Waals surface area contributed by atoms with Crippen molar-refractivity contribution >= 4 is 14.0 Å². The summed E-state index contributed by atoms with van der Waals surface area (Å²) in [5.41, 5.74) is 2.82. The van der Waals surface area contributed by atoms with E-state index in [0.717, 1.165) is 35.1 Å². The zero-order valence-electron chi connectivity index (χ0n) is 15.0. The summed E-state index contributed by atoms with van der Waals surface area (Å²) in [4.78, 5) is 12.0. The largest absolute Gasteiger partial charge is 0.468 e. The zero-order chi connectivity index (χ0) is 17.9. The normalized spacial score (nSPS) is 16.4. The lowest BCUT2D eigenvalue weighted by Crippen LogP contribution is -2.22. The van der Waals surface area contributed by atoms with Crippen LogP contribution in [0.5, 0.6) is 5.75 Å². The van der Waals surface area contributed by atoms with E-state index in [0.29, 0.717) is 0 Å². The minimum absolute atomic E-state index is 0.0169. The van der Waals surface area contributed by atoms with Gasteiger partial charge in [-0.25, -0.2) is 0 Å². The van der Waals surface area contributed by atoms with Crippen molar-refractivity contribution in [2.45, 2.75) is 31.7 Å². The molecule has 2 aromatic carbocycles. The molecular formula is C20H25NO3Si. The van der Waals surface area contributed by atoms with Crippen LogP contribution in [0.2, 0.25) is 25.7 Å². The maximum Gasteiger partial charge on any atom is 0.252 e. The molecule has 1 aliphatic rings. The number of hydrogen-bond donors (Lipinski definition) is 1. The van der Waals surface area contributed by atoms with E-state index in [1.54, 1.807) is 0 Å². The number of fused-ring (bicyclic) bond motifs is 1. The summed E-state index contributed by atoms with van der Waals surface area (Å²) in [6, 6.07) is 16.6. The molecule has 0 bridgehead atoms. The SMILES string of the molecule is C[Si](C)(C)CCOCOc1ccc(C2NC(=O)c3ccccc32)cc1. The first-order chi connectivity index (χ1) is 11.9. The van der Waals surface area contributed by atoms with E-state index in [9.17, 15) is 4.79 Å². The highest BCUT2D eigenvalue weighted by molar-refractivity contribution is 6.76. The second-order valence-electron chi connectivity index (χ2n) is 7.54. The summed E-state index contributed by atoms with van der Waals surface area (Å²) in [6.45, 7) is 8.01. The maximum atomic E-state index is 12.0. The van der Waals surface area contributed by atoms with Gasteiger partial charge < -0.3 is 14.8 Å². The molecule has 1 unspecified atom stereocenters. The van der Waals surface area contributed by atoms with E-state index in [-0.39, 0.29) is 18.7 Å². The summed E-state index contributed by atoms with van der Waals surface area (Å²) < 4.78 is 11.2. The van der Waals surface area contributed by atoms with Gasteiger partial charge in [0.2, 0.25) is 0 Å². The lowest BCUT2D eigenvalue weighted by atomic mass is 9.98. The highest BCUT2D eigenvalue weighted by Crippen LogP contribution is 2.31. The smallest absolute Gasteiger partial charge is 0.252 e. The van der Waals surface area contributed by atoms with Crippen molar-refractivity contribution in [1.82, 2.24) is 5.32 Å². The number of carbonyl (C=O) groups is 1. The topological polar surface area (TPSA) is 47.6 Å². The first kappa shape index (κ1) is 17.7. The average Bonchev–Trinajstić information content (AvgIpc) is 2.92. The van der Waals surface area contributed by atoms with Gasteiger partial charge in [-0.3, -0.25) is 4.79 Å². The molecular weight excluding hydrogens is 330 g/mol. The third-order valence-electron chi connectivity index (χ3n) is 4.31. The van der Waals surface area contributed by atoms with Crippen LogP contribution in [0, 0.1) is 0 Å². The van der Waals surface area contributed by atoms with Gasteiger partial charge in [0.1, 0.15) is 5.75 Å². The molecule has 0 radical (unpaired) electrons. The Balaban J connectivity index is 1.56. The van der Waals surface area contributed by atoms with E-state index < -0.39 is 8.07 Å². The molecule has 1 atom stereocenters. The van der Waals surface area contributed by atoms with E-state index >= 15 is 0 Å². The van der Waals surface area contributed by atoms with Crippen molar-refractivity contribution < 1.29 is 14.3 Å². The minimum Gasteiger partial charge on any atom is -0.468 e. The molecule has 1 amide bonds. The molecule has 1 heterocycles. The molecule has 0 saturated heterocycles. The predicted molar refractivity (Wildman–Crippen MR) is 102 cm³/mol. The minimum atomic E-state index is -1.06. The number of rotatable bonds is 7. The van der Waals surface area contributed by atoms with Gasteiger partial charge in [-0.05, 0) is 35.4 Å². The first-order valence-corrected chi connectivity index (χ1v) is 12.3. The number of ether oxygens (including phenoxy) is 2. The lowest BCUT2D eigenvalue weighted by Gasteiger charge is -2.16. The molecule has 0 spiro atoms. The maximum absolute atomic E-state index is 12.0. The van der Waals surface area contributed by atoms with Crippen LogP contribution in [0.15, 0.2) is 48.5 Å². The van der Waals surface area contributed by atoms with E-state index in [4.69, 9.17) is 9.47 Å². The zero-order valence-corrected chi connectivity index (χ0v) is 16.0. The Bertz CT molecular complexity index is 737. The van der Waals surface area contributed by atoms with E-state index in [2.05, 4.69) is 25.0 Å². The number of amides is 1. The fraction of sp³-hybridized carbons (Fsp3) is 0.350. The van der Waals surface area contributed by atoms with Crippen LogP contribution in [-0.4, -0.2) is 27.4 Å². The van der Waals surface area contributed by atoms with Gasteiger partial charge in [-0.1, -0.05) is 50.0 Å². The molecule has 132 valence electrons. The quantitative estimate of drug-likeness (QED) is 0.460. The van der Waals surface area contributed by atoms with Crippen LogP contribution in [0.1, 0.15) is 27.5 Å². The molecule has 25 heavy (non-hydrogen) atoms. The van der Waals surface area contributed by atoms with E-state index in [1.165, 1.54) is 0 Å². The molecule has 1 aliphatic heterocycles. The van der Waals surface area contributed by atoms with Gasteiger partial charge in [-0.2, -0.15) is 0 Å². The van der Waals surface area contributed by atoms with Gasteiger partial charge in [-0.15, -0.1) is 0 Å². The van der Waals surface area contributed by atoms with Gasteiger partial charge in [0.15, 0.2) is 6.79 Å². The number of hydrogen-bond acceptors (Lipinski definition) is 3. The first-order valence-electron chi connectivity index (χ1n) is 8.64. The van der Waals surface area contributed by atoms with Crippen LogP contribution in [0.3, 0.4) is 0 Å². The number of benzene rings is 2. The van der Waals surface area contributed by atoms with Crippen molar-refractivity contribution in [2.75, 3.05) is 13.4 Å². The van der Waals surface area contributed by atoms with Crippen molar-refractivity contribution in [1.29, 1.82) is 0 Å². The summed E-state index contributed by atoms with van der Waals surface area (Å²) in [6.07, 6.45) is 0. The monoisotopic (exact) mass is 355 g/mol. The van der Waals surface area contributed by atoms with Gasteiger partial charge in [0.25, 0.3) is 5.91 Å².